The predicted octanol–water partition coefficient (Wildman–Crippen LogP) is 3.77. The third-order valence-electron chi connectivity index (χ3n) is 7.72. The van der Waals surface area contributed by atoms with Gasteiger partial charge in [-0.05, 0) is 23.8 Å². The van der Waals surface area contributed by atoms with Crippen molar-refractivity contribution in [3.8, 4) is 0 Å². The number of fused-ring (bicyclic) bond motifs is 2. The number of nitrogens with one attached hydrogen (secondary N) is 1. The average molecular weight is 556 g/mol. The maximum atomic E-state index is 14.0. The number of carboxylic acid groups (broad SMARTS) is 1. The summed E-state index contributed by atoms with van der Waals surface area (Å²) < 4.78 is 6.00. The second kappa shape index (κ2) is 9.34. The molecule has 13 heteroatoms. The molecule has 41 heavy (non-hydrogen) atoms. The Bertz CT molecular complexity index is 1730. The van der Waals surface area contributed by atoms with E-state index in [0.717, 1.165) is 11.0 Å². The van der Waals surface area contributed by atoms with Crippen molar-refractivity contribution < 1.29 is 33.8 Å². The lowest BCUT2D eigenvalue weighted by Gasteiger charge is -2.31. The number of rotatable bonds is 7. The van der Waals surface area contributed by atoms with E-state index in [9.17, 15) is 39.7 Å². The third kappa shape index (κ3) is 4.02. The van der Waals surface area contributed by atoms with Crippen molar-refractivity contribution in [1.29, 1.82) is 0 Å². The van der Waals surface area contributed by atoms with Gasteiger partial charge in [0.2, 0.25) is 11.8 Å². The lowest BCUT2D eigenvalue weighted by atomic mass is 9.76. The lowest BCUT2D eigenvalue weighted by molar-refractivity contribution is -0.385. The Morgan fingerprint density at radius 3 is 2.29 bits per heavy atom. The number of furan rings is 1. The van der Waals surface area contributed by atoms with Crippen molar-refractivity contribution in [3.05, 3.63) is 110 Å². The first-order valence-electron chi connectivity index (χ1n) is 12.5. The highest BCUT2D eigenvalue weighted by Crippen LogP contribution is 2.51. The second-order valence-corrected chi connectivity index (χ2v) is 9.98. The molecule has 6 rings (SSSR count). The SMILES string of the molecule is O=C1C2C(c3cc4ccccc4o3)NC(Cc3ccc([N+](=O)[O-])cc3)(C(=O)O)C2C(=O)N1c1cccc([N+](=O)[O-])c1. The van der Waals surface area contributed by atoms with Gasteiger partial charge in [-0.1, -0.05) is 36.4 Å². The fourth-order valence-corrected chi connectivity index (χ4v) is 5.90. The van der Waals surface area contributed by atoms with Gasteiger partial charge in [0.05, 0.1) is 33.4 Å². The van der Waals surface area contributed by atoms with E-state index in [4.69, 9.17) is 4.42 Å². The minimum atomic E-state index is -2.02. The minimum absolute atomic E-state index is 0.0541. The van der Waals surface area contributed by atoms with Crippen LogP contribution in [0.15, 0.2) is 83.3 Å². The van der Waals surface area contributed by atoms with Crippen LogP contribution in [0.25, 0.3) is 11.0 Å². The summed E-state index contributed by atoms with van der Waals surface area (Å²) in [6, 6.07) is 17.9. The van der Waals surface area contributed by atoms with Crippen LogP contribution < -0.4 is 10.2 Å². The molecule has 0 aliphatic carbocycles. The lowest BCUT2D eigenvalue weighted by Crippen LogP contribution is -2.57. The van der Waals surface area contributed by atoms with Crippen molar-refractivity contribution in [3.63, 3.8) is 0 Å². The largest absolute Gasteiger partial charge is 0.480 e. The zero-order valence-corrected chi connectivity index (χ0v) is 21.0. The van der Waals surface area contributed by atoms with Crippen LogP contribution in [0, 0.1) is 32.1 Å². The maximum Gasteiger partial charge on any atom is 0.325 e. The number of amides is 2. The van der Waals surface area contributed by atoms with Gasteiger partial charge in [0.1, 0.15) is 16.9 Å². The molecule has 13 nitrogen and oxygen atoms in total. The van der Waals surface area contributed by atoms with Crippen LogP contribution in [-0.2, 0) is 20.8 Å². The van der Waals surface area contributed by atoms with E-state index in [1.54, 1.807) is 30.3 Å². The Kier molecular flexibility index (Phi) is 5.89. The number of hydrogen-bond acceptors (Lipinski definition) is 9. The van der Waals surface area contributed by atoms with Gasteiger partial charge in [0.15, 0.2) is 0 Å². The van der Waals surface area contributed by atoms with Gasteiger partial charge >= 0.3 is 5.97 Å². The number of imide groups is 1. The zero-order valence-electron chi connectivity index (χ0n) is 21.0. The molecule has 2 saturated heterocycles. The van der Waals surface area contributed by atoms with Gasteiger partial charge in [-0.3, -0.25) is 39.9 Å². The summed E-state index contributed by atoms with van der Waals surface area (Å²) in [6.07, 6.45) is -0.292. The first-order chi connectivity index (χ1) is 19.6. The standard InChI is InChI=1S/C28H20N4O9/c33-25-22-23(26(34)30(25)18-5-3-6-19(13-18)32(39)40)28(27(35)36,14-15-8-10-17(11-9-15)31(37)38)29-24(22)21-12-16-4-1-2-7-20(16)41-21/h1-13,22-24,29H,14H2,(H,35,36). The van der Waals surface area contributed by atoms with Crippen LogP contribution in [0.4, 0.5) is 17.1 Å². The molecule has 1 aromatic heterocycles. The van der Waals surface area contributed by atoms with E-state index in [-0.39, 0.29) is 29.2 Å². The highest BCUT2D eigenvalue weighted by atomic mass is 16.6. The van der Waals surface area contributed by atoms with E-state index in [2.05, 4.69) is 5.32 Å². The molecule has 0 saturated carbocycles. The smallest absolute Gasteiger partial charge is 0.325 e. The van der Waals surface area contributed by atoms with E-state index < -0.39 is 51.0 Å². The summed E-state index contributed by atoms with van der Waals surface area (Å²) in [5.41, 5.74) is -1.74. The molecule has 2 aliphatic rings. The third-order valence-corrected chi connectivity index (χ3v) is 7.72. The number of carbonyl (C=O) groups excluding carboxylic acids is 2. The molecule has 2 aliphatic heterocycles. The van der Waals surface area contributed by atoms with Crippen molar-refractivity contribution >= 4 is 45.8 Å². The van der Waals surface area contributed by atoms with E-state index >= 15 is 0 Å². The van der Waals surface area contributed by atoms with Crippen molar-refractivity contribution in [2.24, 2.45) is 11.8 Å². The zero-order chi connectivity index (χ0) is 29.1. The molecule has 0 radical (unpaired) electrons. The molecule has 3 aromatic carbocycles. The molecule has 4 unspecified atom stereocenters. The number of nitro groups is 2. The number of benzene rings is 3. The summed E-state index contributed by atoms with van der Waals surface area (Å²) >= 11 is 0. The van der Waals surface area contributed by atoms with E-state index in [0.29, 0.717) is 16.5 Å². The fraction of sp³-hybridized carbons (Fsp3) is 0.179. The number of non-ortho nitro benzene ring substituents is 2. The highest BCUT2D eigenvalue weighted by molar-refractivity contribution is 6.24. The number of carbonyl (C=O) groups is 3. The second-order valence-electron chi connectivity index (χ2n) is 9.98. The number of anilines is 1. The first kappa shape index (κ1) is 25.8. The summed E-state index contributed by atoms with van der Waals surface area (Å²) in [4.78, 5) is 63.1. The minimum Gasteiger partial charge on any atom is -0.480 e. The van der Waals surface area contributed by atoms with E-state index in [1.807, 2.05) is 0 Å². The summed E-state index contributed by atoms with van der Waals surface area (Å²) in [7, 11) is 0. The van der Waals surface area contributed by atoms with Crippen molar-refractivity contribution in [1.82, 2.24) is 5.32 Å². The number of nitro benzene ring substituents is 2. The van der Waals surface area contributed by atoms with E-state index in [1.165, 1.54) is 42.5 Å². The van der Waals surface area contributed by atoms with Crippen LogP contribution in [0.2, 0.25) is 0 Å². The number of carboxylic acids is 1. The fourth-order valence-electron chi connectivity index (χ4n) is 5.90. The highest BCUT2D eigenvalue weighted by Gasteiger charge is 2.69. The monoisotopic (exact) mass is 556 g/mol. The number of para-hydroxylation sites is 1. The average Bonchev–Trinajstić information content (AvgIpc) is 3.61. The molecule has 4 aromatic rings. The van der Waals surface area contributed by atoms with Crippen molar-refractivity contribution in [2.75, 3.05) is 4.90 Å². The number of aliphatic carboxylic acids is 1. The topological polar surface area (TPSA) is 186 Å². The normalized spacial score (nSPS) is 23.6. The first-order valence-corrected chi connectivity index (χ1v) is 12.5. The Labute approximate surface area is 230 Å². The van der Waals surface area contributed by atoms with Crippen molar-refractivity contribution in [2.45, 2.75) is 18.0 Å². The van der Waals surface area contributed by atoms with Gasteiger partial charge in [-0.15, -0.1) is 0 Å². The molecule has 0 bridgehead atoms. The van der Waals surface area contributed by atoms with Gasteiger partial charge in [-0.2, -0.15) is 0 Å². The van der Waals surface area contributed by atoms with Gasteiger partial charge in [0.25, 0.3) is 11.4 Å². The van der Waals surface area contributed by atoms with Gasteiger partial charge in [-0.25, -0.2) is 4.90 Å². The molecular formula is C28H20N4O9. The Morgan fingerprint density at radius 1 is 0.927 bits per heavy atom. The van der Waals surface area contributed by atoms with Gasteiger partial charge in [0, 0.05) is 36.1 Å². The molecule has 2 fully saturated rings. The van der Waals surface area contributed by atoms with Crippen LogP contribution in [0.5, 0.6) is 0 Å². The molecule has 4 atom stereocenters. The number of hydrogen-bond donors (Lipinski definition) is 2. The molecule has 3 heterocycles. The Balaban J connectivity index is 1.49. The van der Waals surface area contributed by atoms with Crippen LogP contribution in [0.1, 0.15) is 17.4 Å². The predicted molar refractivity (Wildman–Crippen MR) is 142 cm³/mol. The van der Waals surface area contributed by atoms with Crippen LogP contribution in [-0.4, -0.2) is 38.3 Å². The Morgan fingerprint density at radius 2 is 1.63 bits per heavy atom. The van der Waals surface area contributed by atoms with Gasteiger partial charge < -0.3 is 9.52 Å². The molecule has 2 N–H and O–H groups in total. The summed E-state index contributed by atoms with van der Waals surface area (Å²) in [5, 5.41) is 36.9. The molecule has 206 valence electrons. The maximum absolute atomic E-state index is 14.0. The van der Waals surface area contributed by atoms with Crippen LogP contribution in [0.3, 0.4) is 0 Å². The molecule has 2 amide bonds. The number of nitrogens with zero attached hydrogens (tertiary/aromatic N) is 3. The quantitative estimate of drug-likeness (QED) is 0.193. The van der Waals surface area contributed by atoms with Crippen LogP contribution >= 0.6 is 0 Å². The summed E-state index contributed by atoms with van der Waals surface area (Å²) in [5.74, 6) is -5.39. The Hall–Kier alpha value is -5.43. The molecule has 0 spiro atoms. The summed E-state index contributed by atoms with van der Waals surface area (Å²) in [6.45, 7) is 0. The molecular weight excluding hydrogens is 536 g/mol.